The van der Waals surface area contributed by atoms with Crippen LogP contribution < -0.4 is 14.8 Å². The van der Waals surface area contributed by atoms with Crippen LogP contribution in [0.25, 0.3) is 0 Å². The van der Waals surface area contributed by atoms with Gasteiger partial charge in [-0.15, -0.1) is 0 Å². The molecule has 3 aromatic rings. The van der Waals surface area contributed by atoms with Crippen LogP contribution in [0.15, 0.2) is 82.2 Å². The van der Waals surface area contributed by atoms with E-state index in [0.29, 0.717) is 5.75 Å². The molecule has 3 aromatic carbocycles. The van der Waals surface area contributed by atoms with Gasteiger partial charge in [-0.25, -0.2) is 12.8 Å². The summed E-state index contributed by atoms with van der Waals surface area (Å²) in [5.41, 5.74) is 1.20. The average molecular weight is 507 g/mol. The van der Waals surface area contributed by atoms with Crippen LogP contribution in [0, 0.1) is 5.82 Å². The Morgan fingerprint density at radius 2 is 1.74 bits per heavy atom. The maximum absolute atomic E-state index is 13.0. The number of carbonyl (C=O) groups excluding carboxylic acids is 1. The topological polar surface area (TPSA) is 84.5 Å². The molecule has 0 heterocycles. The Kier molecular flexibility index (Phi) is 7.29. The summed E-state index contributed by atoms with van der Waals surface area (Å²) in [5.74, 6) is -0.410. The van der Waals surface area contributed by atoms with Crippen molar-refractivity contribution >= 4 is 37.5 Å². The summed E-state index contributed by atoms with van der Waals surface area (Å²) < 4.78 is 46.6. The standard InChI is InChI=1S/C22H20BrFN2O4S/c1-15(16-3-2-4-17(23)13-16)25-22(27)14-30-20-9-11-21(12-10-20)31(28,29)26-19-7-5-18(24)6-8-19/h2-13,15,26H,14H2,1H3,(H,25,27)/t15-/m1/s1. The first-order valence-electron chi connectivity index (χ1n) is 9.29. The Hall–Kier alpha value is -2.91. The van der Waals surface area contributed by atoms with Crippen LogP contribution in [-0.4, -0.2) is 20.9 Å². The Balaban J connectivity index is 1.55. The number of rotatable bonds is 8. The summed E-state index contributed by atoms with van der Waals surface area (Å²) >= 11 is 3.40. The number of anilines is 1. The highest BCUT2D eigenvalue weighted by Gasteiger charge is 2.15. The van der Waals surface area contributed by atoms with Gasteiger partial charge < -0.3 is 10.1 Å². The highest BCUT2D eigenvalue weighted by Crippen LogP contribution is 2.20. The molecule has 1 amide bonds. The molecule has 0 bridgehead atoms. The number of benzene rings is 3. The van der Waals surface area contributed by atoms with Crippen molar-refractivity contribution in [1.29, 1.82) is 0 Å². The smallest absolute Gasteiger partial charge is 0.261 e. The zero-order valence-corrected chi connectivity index (χ0v) is 18.9. The molecule has 31 heavy (non-hydrogen) atoms. The van der Waals surface area contributed by atoms with E-state index in [1.807, 2.05) is 31.2 Å². The highest BCUT2D eigenvalue weighted by atomic mass is 79.9. The zero-order chi connectivity index (χ0) is 22.4. The van der Waals surface area contributed by atoms with Crippen molar-refractivity contribution in [2.45, 2.75) is 17.9 Å². The Morgan fingerprint density at radius 1 is 1.06 bits per heavy atom. The predicted molar refractivity (Wildman–Crippen MR) is 120 cm³/mol. The van der Waals surface area contributed by atoms with Crippen molar-refractivity contribution in [3.05, 3.63) is 88.6 Å². The molecule has 0 aliphatic heterocycles. The van der Waals surface area contributed by atoms with Crippen LogP contribution >= 0.6 is 15.9 Å². The Labute approximate surface area is 188 Å². The minimum Gasteiger partial charge on any atom is -0.484 e. The van der Waals surface area contributed by atoms with Crippen molar-refractivity contribution < 1.29 is 22.3 Å². The number of ether oxygens (including phenoxy) is 1. The van der Waals surface area contributed by atoms with Crippen LogP contribution in [0.4, 0.5) is 10.1 Å². The Morgan fingerprint density at radius 3 is 2.39 bits per heavy atom. The number of halogens is 2. The molecular weight excluding hydrogens is 487 g/mol. The third-order valence-electron chi connectivity index (χ3n) is 4.33. The maximum atomic E-state index is 13.0. The number of carbonyl (C=O) groups is 1. The second kappa shape index (κ2) is 9.93. The second-order valence-corrected chi connectivity index (χ2v) is 9.31. The quantitative estimate of drug-likeness (QED) is 0.465. The lowest BCUT2D eigenvalue weighted by molar-refractivity contribution is -0.123. The molecule has 9 heteroatoms. The first-order chi connectivity index (χ1) is 14.7. The van der Waals surface area contributed by atoms with Crippen molar-refractivity contribution in [1.82, 2.24) is 5.32 Å². The first-order valence-corrected chi connectivity index (χ1v) is 11.6. The van der Waals surface area contributed by atoms with E-state index in [2.05, 4.69) is 26.0 Å². The van der Waals surface area contributed by atoms with Gasteiger partial charge in [-0.2, -0.15) is 0 Å². The van der Waals surface area contributed by atoms with E-state index in [4.69, 9.17) is 4.74 Å². The molecule has 0 saturated heterocycles. The van der Waals surface area contributed by atoms with Crippen LogP contribution in [0.2, 0.25) is 0 Å². The predicted octanol–water partition coefficient (Wildman–Crippen LogP) is 4.65. The second-order valence-electron chi connectivity index (χ2n) is 6.72. The van der Waals surface area contributed by atoms with Gasteiger partial charge >= 0.3 is 0 Å². The molecule has 0 aliphatic carbocycles. The molecular formula is C22H20BrFN2O4S. The summed E-state index contributed by atoms with van der Waals surface area (Å²) in [6.07, 6.45) is 0. The van der Waals surface area contributed by atoms with Crippen LogP contribution in [0.1, 0.15) is 18.5 Å². The largest absolute Gasteiger partial charge is 0.484 e. The Bertz CT molecular complexity index is 1150. The van der Waals surface area contributed by atoms with E-state index in [1.54, 1.807) is 0 Å². The number of sulfonamides is 1. The molecule has 0 fully saturated rings. The van der Waals surface area contributed by atoms with Gasteiger partial charge in [0, 0.05) is 10.2 Å². The van der Waals surface area contributed by atoms with Crippen LogP contribution in [0.5, 0.6) is 5.75 Å². The van der Waals surface area contributed by atoms with Gasteiger partial charge in [-0.3, -0.25) is 9.52 Å². The summed E-state index contributed by atoms with van der Waals surface area (Å²) in [6.45, 7) is 1.66. The van der Waals surface area contributed by atoms with E-state index in [9.17, 15) is 17.6 Å². The minimum atomic E-state index is -3.84. The lowest BCUT2D eigenvalue weighted by atomic mass is 10.1. The molecule has 0 unspecified atom stereocenters. The van der Waals surface area contributed by atoms with Crippen molar-refractivity contribution in [2.24, 2.45) is 0 Å². The van der Waals surface area contributed by atoms with Crippen molar-refractivity contribution in [2.75, 3.05) is 11.3 Å². The average Bonchev–Trinajstić information content (AvgIpc) is 2.74. The monoisotopic (exact) mass is 506 g/mol. The first kappa shape index (κ1) is 22.8. The fourth-order valence-electron chi connectivity index (χ4n) is 2.74. The fraction of sp³-hybridized carbons (Fsp3) is 0.136. The van der Waals surface area contributed by atoms with Gasteiger partial charge in [0.05, 0.1) is 10.9 Å². The summed E-state index contributed by atoms with van der Waals surface area (Å²) in [4.78, 5) is 12.2. The van der Waals surface area contributed by atoms with E-state index < -0.39 is 15.8 Å². The summed E-state index contributed by atoms with van der Waals surface area (Å²) in [7, 11) is -3.84. The molecule has 162 valence electrons. The molecule has 0 aliphatic rings. The number of hydrogen-bond acceptors (Lipinski definition) is 4. The van der Waals surface area contributed by atoms with Gasteiger partial charge in [-0.1, -0.05) is 28.1 Å². The molecule has 0 radical (unpaired) electrons. The number of amides is 1. The molecule has 0 spiro atoms. The summed E-state index contributed by atoms with van der Waals surface area (Å²) in [5, 5.41) is 2.84. The lowest BCUT2D eigenvalue weighted by Gasteiger charge is -2.15. The van der Waals surface area contributed by atoms with Crippen LogP contribution in [0.3, 0.4) is 0 Å². The molecule has 2 N–H and O–H groups in total. The van der Waals surface area contributed by atoms with E-state index in [-0.39, 0.29) is 29.1 Å². The van der Waals surface area contributed by atoms with E-state index in [0.717, 1.165) is 22.2 Å². The van der Waals surface area contributed by atoms with Crippen molar-refractivity contribution in [3.8, 4) is 5.75 Å². The normalized spacial score (nSPS) is 12.1. The van der Waals surface area contributed by atoms with Crippen molar-refractivity contribution in [3.63, 3.8) is 0 Å². The molecule has 0 saturated carbocycles. The van der Waals surface area contributed by atoms with Gasteiger partial charge in [0.2, 0.25) is 0 Å². The minimum absolute atomic E-state index is 0.0110. The molecule has 6 nitrogen and oxygen atoms in total. The molecule has 0 aromatic heterocycles. The number of nitrogens with one attached hydrogen (secondary N) is 2. The molecule has 1 atom stereocenters. The molecule has 3 rings (SSSR count). The number of hydrogen-bond donors (Lipinski definition) is 2. The van der Waals surface area contributed by atoms with Gasteiger partial charge in [0.15, 0.2) is 6.61 Å². The van der Waals surface area contributed by atoms with Gasteiger partial charge in [0.1, 0.15) is 11.6 Å². The fourth-order valence-corrected chi connectivity index (χ4v) is 4.21. The van der Waals surface area contributed by atoms with Crippen LogP contribution in [-0.2, 0) is 14.8 Å². The lowest BCUT2D eigenvalue weighted by Crippen LogP contribution is -2.31. The third kappa shape index (κ3) is 6.53. The van der Waals surface area contributed by atoms with E-state index >= 15 is 0 Å². The highest BCUT2D eigenvalue weighted by molar-refractivity contribution is 9.10. The third-order valence-corrected chi connectivity index (χ3v) is 6.22. The summed E-state index contributed by atoms with van der Waals surface area (Å²) in [6, 6.07) is 18.1. The van der Waals surface area contributed by atoms with Gasteiger partial charge in [0.25, 0.3) is 15.9 Å². The SMILES string of the molecule is C[C@@H](NC(=O)COc1ccc(S(=O)(=O)Nc2ccc(F)cc2)cc1)c1cccc(Br)c1. The van der Waals surface area contributed by atoms with E-state index in [1.165, 1.54) is 36.4 Å². The van der Waals surface area contributed by atoms with Gasteiger partial charge in [-0.05, 0) is 73.2 Å². The maximum Gasteiger partial charge on any atom is 0.261 e. The zero-order valence-electron chi connectivity index (χ0n) is 16.5.